The summed E-state index contributed by atoms with van der Waals surface area (Å²) in [6, 6.07) is 4.25. The van der Waals surface area contributed by atoms with Gasteiger partial charge >= 0.3 is 0 Å². The molecule has 2 aliphatic carbocycles. The maximum Gasteiger partial charge on any atom is 0.241 e. The molecule has 0 bridgehead atoms. The summed E-state index contributed by atoms with van der Waals surface area (Å²) >= 11 is 0. The Morgan fingerprint density at radius 3 is 2.10 bits per heavy atom. The zero-order valence-corrected chi connectivity index (χ0v) is 19.9. The number of hydrogen-bond donors (Lipinski definition) is 1. The van der Waals surface area contributed by atoms with Crippen molar-refractivity contribution in [3.63, 3.8) is 0 Å². The monoisotopic (exact) mass is 434 g/mol. The highest BCUT2D eigenvalue weighted by Crippen LogP contribution is 2.32. The summed E-state index contributed by atoms with van der Waals surface area (Å²) in [6.07, 6.45) is 9.57. The van der Waals surface area contributed by atoms with Gasteiger partial charge in [-0.25, -0.2) is 13.1 Å². The van der Waals surface area contributed by atoms with Crippen LogP contribution in [0.3, 0.4) is 0 Å². The summed E-state index contributed by atoms with van der Waals surface area (Å²) < 4.78 is 28.6. The Balaban J connectivity index is 1.52. The molecular formula is C24H38N2O3S. The van der Waals surface area contributed by atoms with Crippen LogP contribution in [-0.4, -0.2) is 38.9 Å². The molecule has 0 aromatic heterocycles. The van der Waals surface area contributed by atoms with Crippen molar-refractivity contribution in [3.8, 4) is 0 Å². The van der Waals surface area contributed by atoms with Crippen LogP contribution in [0.1, 0.15) is 74.5 Å². The fourth-order valence-corrected chi connectivity index (χ4v) is 7.01. The Morgan fingerprint density at radius 1 is 0.967 bits per heavy atom. The Hall–Kier alpha value is -1.40. The van der Waals surface area contributed by atoms with Crippen LogP contribution in [0, 0.1) is 32.6 Å². The summed E-state index contributed by atoms with van der Waals surface area (Å²) in [5, 5.41) is 0. The van der Waals surface area contributed by atoms with Gasteiger partial charge in [0.05, 0.1) is 4.90 Å². The molecule has 2 aliphatic rings. The van der Waals surface area contributed by atoms with E-state index in [9.17, 15) is 13.2 Å². The van der Waals surface area contributed by atoms with Crippen LogP contribution in [0.25, 0.3) is 0 Å². The third-order valence-electron chi connectivity index (χ3n) is 7.10. The quantitative estimate of drug-likeness (QED) is 0.717. The average molecular weight is 435 g/mol. The first-order chi connectivity index (χ1) is 14.2. The van der Waals surface area contributed by atoms with E-state index in [2.05, 4.69) is 4.72 Å². The van der Waals surface area contributed by atoms with Gasteiger partial charge in [0.1, 0.15) is 0 Å². The third-order valence-corrected chi connectivity index (χ3v) is 8.83. The van der Waals surface area contributed by atoms with Crippen LogP contribution < -0.4 is 4.72 Å². The average Bonchev–Trinajstić information content (AvgIpc) is 2.71. The molecule has 1 aromatic carbocycles. The maximum absolute atomic E-state index is 12.9. The first-order valence-electron chi connectivity index (χ1n) is 11.5. The summed E-state index contributed by atoms with van der Waals surface area (Å²) in [7, 11) is -1.54. The van der Waals surface area contributed by atoms with Crippen molar-refractivity contribution >= 4 is 15.9 Å². The molecule has 2 fully saturated rings. The molecule has 0 unspecified atom stereocenters. The van der Waals surface area contributed by atoms with Crippen LogP contribution in [0.15, 0.2) is 17.0 Å². The molecule has 1 amide bonds. The van der Waals surface area contributed by atoms with Gasteiger partial charge in [-0.05, 0) is 76.3 Å². The van der Waals surface area contributed by atoms with Gasteiger partial charge in [-0.15, -0.1) is 0 Å². The topological polar surface area (TPSA) is 66.5 Å². The number of rotatable bonds is 6. The normalized spacial score (nSPS) is 23.3. The smallest absolute Gasteiger partial charge is 0.241 e. The Labute approximate surface area is 182 Å². The second-order valence-electron chi connectivity index (χ2n) is 9.54. The van der Waals surface area contributed by atoms with Gasteiger partial charge in [0, 0.05) is 25.6 Å². The van der Waals surface area contributed by atoms with E-state index in [0.717, 1.165) is 55.2 Å². The fourth-order valence-electron chi connectivity index (χ4n) is 5.44. The molecule has 1 aromatic rings. The van der Waals surface area contributed by atoms with Crippen LogP contribution in [0.5, 0.6) is 0 Å². The van der Waals surface area contributed by atoms with Crippen LogP contribution in [0.2, 0.25) is 0 Å². The second-order valence-corrected chi connectivity index (χ2v) is 11.2. The van der Waals surface area contributed by atoms with Crippen molar-refractivity contribution in [1.82, 2.24) is 9.62 Å². The van der Waals surface area contributed by atoms with E-state index in [4.69, 9.17) is 0 Å². The molecule has 0 spiro atoms. The number of aryl methyl sites for hydroxylation is 3. The summed E-state index contributed by atoms with van der Waals surface area (Å²) in [5.74, 6) is 0.702. The Bertz CT molecular complexity index is 828. The molecule has 168 valence electrons. The summed E-state index contributed by atoms with van der Waals surface area (Å²) in [5.41, 5.74) is 2.66. The molecule has 6 heteroatoms. The lowest BCUT2D eigenvalue weighted by atomic mass is 9.81. The van der Waals surface area contributed by atoms with Gasteiger partial charge in [-0.2, -0.15) is 0 Å². The lowest BCUT2D eigenvalue weighted by Gasteiger charge is -2.36. The molecule has 0 radical (unpaired) electrons. The van der Waals surface area contributed by atoms with Crippen molar-refractivity contribution in [1.29, 1.82) is 0 Å². The van der Waals surface area contributed by atoms with Gasteiger partial charge < -0.3 is 4.90 Å². The number of nitrogens with zero attached hydrogens (tertiary/aromatic N) is 1. The number of carbonyl (C=O) groups excluding carboxylic acids is 1. The maximum atomic E-state index is 12.9. The molecule has 0 atom stereocenters. The molecule has 3 rings (SSSR count). The molecule has 30 heavy (non-hydrogen) atoms. The van der Waals surface area contributed by atoms with Gasteiger partial charge in [0.2, 0.25) is 15.9 Å². The minimum absolute atomic E-state index is 0.103. The Morgan fingerprint density at radius 2 is 1.53 bits per heavy atom. The molecular weight excluding hydrogens is 396 g/mol. The van der Waals surface area contributed by atoms with Gasteiger partial charge in [-0.1, -0.05) is 37.0 Å². The van der Waals surface area contributed by atoms with Gasteiger partial charge in [-0.3, -0.25) is 4.79 Å². The molecule has 0 aliphatic heterocycles. The van der Waals surface area contributed by atoms with Crippen LogP contribution >= 0.6 is 0 Å². The van der Waals surface area contributed by atoms with E-state index in [1.165, 1.54) is 19.3 Å². The molecule has 2 saturated carbocycles. The predicted molar refractivity (Wildman–Crippen MR) is 121 cm³/mol. The van der Waals surface area contributed by atoms with E-state index in [0.29, 0.717) is 29.3 Å². The number of hydrogen-bond acceptors (Lipinski definition) is 3. The molecule has 5 nitrogen and oxygen atoms in total. The summed E-state index contributed by atoms with van der Waals surface area (Å²) in [6.45, 7) is 6.14. The zero-order chi connectivity index (χ0) is 21.9. The minimum atomic E-state index is -3.52. The first kappa shape index (κ1) is 23.3. The zero-order valence-electron chi connectivity index (χ0n) is 19.0. The van der Waals surface area contributed by atoms with Gasteiger partial charge in [0.15, 0.2) is 0 Å². The lowest BCUT2D eigenvalue weighted by Crippen LogP contribution is -2.43. The van der Waals surface area contributed by atoms with E-state index in [1.54, 1.807) is 0 Å². The minimum Gasteiger partial charge on any atom is -0.343 e. The summed E-state index contributed by atoms with van der Waals surface area (Å²) in [4.78, 5) is 15.3. The predicted octanol–water partition coefficient (Wildman–Crippen LogP) is 4.49. The van der Waals surface area contributed by atoms with Crippen molar-refractivity contribution in [3.05, 3.63) is 28.8 Å². The Kier molecular flexibility index (Phi) is 7.61. The van der Waals surface area contributed by atoms with Crippen LogP contribution in [0.4, 0.5) is 0 Å². The lowest BCUT2D eigenvalue weighted by molar-refractivity contribution is -0.138. The first-order valence-corrected chi connectivity index (χ1v) is 13.0. The fraction of sp³-hybridized carbons (Fsp3) is 0.708. The highest BCUT2D eigenvalue weighted by Gasteiger charge is 2.32. The number of carbonyl (C=O) groups is 1. The largest absolute Gasteiger partial charge is 0.343 e. The number of benzene rings is 1. The van der Waals surface area contributed by atoms with Crippen LogP contribution in [-0.2, 0) is 14.8 Å². The molecule has 1 N–H and O–H groups in total. The highest BCUT2D eigenvalue weighted by atomic mass is 32.2. The molecule has 0 heterocycles. The van der Waals surface area contributed by atoms with E-state index in [1.807, 2.05) is 44.9 Å². The third kappa shape index (κ3) is 5.44. The number of nitrogens with one attached hydrogen (secondary N) is 1. The van der Waals surface area contributed by atoms with Crippen molar-refractivity contribution in [2.24, 2.45) is 11.8 Å². The van der Waals surface area contributed by atoms with Crippen molar-refractivity contribution in [2.75, 3.05) is 13.6 Å². The number of amides is 1. The van der Waals surface area contributed by atoms with Gasteiger partial charge in [0.25, 0.3) is 0 Å². The standard InChI is InChI=1S/C24H38N2O3S/c1-17-14-18(2)23(19(3)15-17)30(28,29)25-16-20-10-12-21(13-11-20)24(27)26(4)22-8-6-5-7-9-22/h14-15,20-22,25H,5-13,16H2,1-4H3. The van der Waals surface area contributed by atoms with E-state index < -0.39 is 10.0 Å². The van der Waals surface area contributed by atoms with Crippen molar-refractivity contribution in [2.45, 2.75) is 89.5 Å². The van der Waals surface area contributed by atoms with E-state index >= 15 is 0 Å². The number of sulfonamides is 1. The molecule has 0 saturated heterocycles. The SMILES string of the molecule is Cc1cc(C)c(S(=O)(=O)NCC2CCC(C(=O)N(C)C3CCCCC3)CC2)c(C)c1. The van der Waals surface area contributed by atoms with E-state index in [-0.39, 0.29) is 5.92 Å². The highest BCUT2D eigenvalue weighted by molar-refractivity contribution is 7.89. The second kappa shape index (κ2) is 9.82. The van der Waals surface area contributed by atoms with Crippen molar-refractivity contribution < 1.29 is 13.2 Å².